The molecule has 8 amide bonds. The fourth-order valence-electron chi connectivity index (χ4n) is 7.08. The number of nitrogens with one attached hydrogen (secondary N) is 6. The van der Waals surface area contributed by atoms with Gasteiger partial charge in [-0.15, -0.1) is 0 Å². The highest BCUT2D eigenvalue weighted by Crippen LogP contribution is 2.20. The Hall–Kier alpha value is -6.36. The zero-order valence-electron chi connectivity index (χ0n) is 44.7. The van der Waals surface area contributed by atoms with Gasteiger partial charge in [-0.3, -0.25) is 52.7 Å². The van der Waals surface area contributed by atoms with E-state index in [1.165, 1.54) is 4.90 Å². The largest absolute Gasteiger partial charge is 0.480 e. The molecule has 0 aromatic heterocycles. The highest BCUT2D eigenvalue weighted by Gasteiger charge is 2.43. The van der Waals surface area contributed by atoms with Crippen molar-refractivity contribution in [3.63, 3.8) is 0 Å². The molecule has 1 rings (SSSR count). The van der Waals surface area contributed by atoms with Crippen molar-refractivity contribution in [1.82, 2.24) is 41.7 Å². The summed E-state index contributed by atoms with van der Waals surface area (Å²) >= 11 is 0. The molecule has 72 heavy (non-hydrogen) atoms. The second-order valence-electron chi connectivity index (χ2n) is 21.3. The molecule has 1 heterocycles. The Morgan fingerprint density at radius 1 is 0.597 bits per heavy atom. The number of ketones is 1. The monoisotopic (exact) mass is 1020 g/mol. The van der Waals surface area contributed by atoms with Crippen LogP contribution in [0.2, 0.25) is 0 Å². The van der Waals surface area contributed by atoms with Crippen molar-refractivity contribution in [3.8, 4) is 0 Å². The van der Waals surface area contributed by atoms with Crippen LogP contribution in [0, 0.1) is 11.8 Å². The van der Waals surface area contributed by atoms with Gasteiger partial charge in [-0.05, 0) is 93.4 Å². The Kier molecular flexibility index (Phi) is 24.8. The third kappa shape index (κ3) is 23.2. The second kappa shape index (κ2) is 28.0. The predicted molar refractivity (Wildman–Crippen MR) is 259 cm³/mol. The van der Waals surface area contributed by atoms with Gasteiger partial charge in [0.25, 0.3) is 5.91 Å². The molecule has 1 aliphatic heterocycles. The van der Waals surface area contributed by atoms with Crippen LogP contribution in [0.25, 0.3) is 0 Å². The molecule has 0 spiro atoms. The van der Waals surface area contributed by atoms with E-state index in [1.807, 2.05) is 5.32 Å². The standard InChI is InChI=1S/C48H80N8O16/c1-16-17-29(38(62)43(67)49-24-33(58)59)51-41(65)32-25-55(45(69)72-48(13,14)15)22-23-56(32)44(68)37(27(4)5)54-42(66)36(26(2)3)53-40(64)31(19-21-35(61)71-47(10,11)12)52-39(63)30(50-28(6)57)18-20-34(60)70-46(7,8)9/h26-27,29-32,36-37H,16-25H2,1-15H3,(H,49,67)(H,50,57)(H,51,65)(H,52,63)(H,53,64)(H,54,66)(H,58,59)/t29?,30-,31-,32?,36-,37-/m0/s1. The summed E-state index contributed by atoms with van der Waals surface area (Å²) in [4.78, 5) is 161. The molecule has 6 atom stereocenters. The first kappa shape index (κ1) is 63.7. The topological polar surface area (TPSA) is 331 Å². The predicted octanol–water partition coefficient (Wildman–Crippen LogP) is 1.00. The Labute approximate surface area is 422 Å². The minimum atomic E-state index is -1.51. The first-order chi connectivity index (χ1) is 33.0. The molecule has 0 aromatic carbocycles. The summed E-state index contributed by atoms with van der Waals surface area (Å²) in [6, 6.07) is -8.56. The number of rotatable bonds is 24. The zero-order chi connectivity index (χ0) is 55.6. The van der Waals surface area contributed by atoms with E-state index in [-0.39, 0.29) is 45.2 Å². The van der Waals surface area contributed by atoms with Crippen LogP contribution in [0.4, 0.5) is 4.79 Å². The molecule has 24 heteroatoms. The molecule has 2 unspecified atom stereocenters. The SMILES string of the molecule is CCCC(NC(=O)C1CN(C(=O)OC(C)(C)C)CCN1C(=O)[C@@H](NC(=O)[C@@H](NC(=O)[C@H](CCC(=O)OC(C)(C)C)NC(=O)[C@H](CCC(=O)OC(C)(C)C)NC(C)=O)C(C)C)C(C)C)C(=O)C(=O)NCC(=O)O. The summed E-state index contributed by atoms with van der Waals surface area (Å²) in [5, 5.41) is 23.8. The first-order valence-corrected chi connectivity index (χ1v) is 24.2. The van der Waals surface area contributed by atoms with Gasteiger partial charge in [0.1, 0.15) is 53.6 Å². The lowest BCUT2D eigenvalue weighted by atomic mass is 9.97. The van der Waals surface area contributed by atoms with Gasteiger partial charge in [-0.25, -0.2) is 4.79 Å². The van der Waals surface area contributed by atoms with Crippen LogP contribution in [-0.4, -0.2) is 165 Å². The number of carboxylic acid groups (broad SMARTS) is 1. The molecule has 0 bridgehead atoms. The lowest BCUT2D eigenvalue weighted by Gasteiger charge is -2.42. The van der Waals surface area contributed by atoms with E-state index in [9.17, 15) is 57.5 Å². The number of aliphatic carboxylic acids is 1. The number of hydrogen-bond acceptors (Lipinski definition) is 15. The molecule has 1 saturated heterocycles. The van der Waals surface area contributed by atoms with E-state index >= 15 is 0 Å². The van der Waals surface area contributed by atoms with Crippen LogP contribution in [0.5, 0.6) is 0 Å². The number of piperazine rings is 1. The van der Waals surface area contributed by atoms with Crippen LogP contribution < -0.4 is 31.9 Å². The van der Waals surface area contributed by atoms with Gasteiger partial charge >= 0.3 is 24.0 Å². The number of carbonyl (C=O) groups is 12. The molecule has 0 aromatic rings. The van der Waals surface area contributed by atoms with Crippen molar-refractivity contribution in [2.75, 3.05) is 26.2 Å². The molecule has 24 nitrogen and oxygen atoms in total. The van der Waals surface area contributed by atoms with Gasteiger partial charge < -0.3 is 61.0 Å². The third-order valence-corrected chi connectivity index (χ3v) is 10.4. The normalized spacial score (nSPS) is 16.2. The minimum absolute atomic E-state index is 0.0516. The number of nitrogens with zero attached hydrogens (tertiary/aromatic N) is 2. The van der Waals surface area contributed by atoms with Crippen molar-refractivity contribution in [3.05, 3.63) is 0 Å². The maximum absolute atomic E-state index is 14.7. The van der Waals surface area contributed by atoms with Gasteiger partial charge in [0.05, 0.1) is 12.6 Å². The van der Waals surface area contributed by atoms with Crippen LogP contribution in [-0.2, 0) is 67.0 Å². The highest BCUT2D eigenvalue weighted by molar-refractivity contribution is 6.38. The van der Waals surface area contributed by atoms with E-state index in [2.05, 4.69) is 26.6 Å². The van der Waals surface area contributed by atoms with Crippen LogP contribution in [0.3, 0.4) is 0 Å². The van der Waals surface area contributed by atoms with E-state index in [4.69, 9.17) is 19.3 Å². The first-order valence-electron chi connectivity index (χ1n) is 24.2. The number of Topliss-reactive ketones (excluding diaryl/α,β-unsaturated/α-hetero) is 1. The summed E-state index contributed by atoms with van der Waals surface area (Å²) in [6.07, 6.45) is -1.77. The lowest BCUT2D eigenvalue weighted by Crippen LogP contribution is -2.67. The van der Waals surface area contributed by atoms with Crippen molar-refractivity contribution in [1.29, 1.82) is 0 Å². The van der Waals surface area contributed by atoms with E-state index in [0.717, 1.165) is 11.8 Å². The van der Waals surface area contributed by atoms with Crippen molar-refractivity contribution < 1.29 is 76.9 Å². The van der Waals surface area contributed by atoms with Crippen LogP contribution in [0.15, 0.2) is 0 Å². The molecule has 0 radical (unpaired) electrons. The maximum atomic E-state index is 14.7. The number of ether oxygens (including phenoxy) is 3. The Bertz CT molecular complexity index is 1990. The van der Waals surface area contributed by atoms with Gasteiger partial charge in [0.2, 0.25) is 41.2 Å². The smallest absolute Gasteiger partial charge is 0.410 e. The molecular formula is C48H80N8O16. The van der Waals surface area contributed by atoms with Crippen LogP contribution in [0.1, 0.15) is 142 Å². The van der Waals surface area contributed by atoms with Gasteiger partial charge in [-0.1, -0.05) is 41.0 Å². The molecule has 1 aliphatic rings. The number of esters is 2. The summed E-state index contributed by atoms with van der Waals surface area (Å²) in [5.41, 5.74) is -2.67. The van der Waals surface area contributed by atoms with Crippen LogP contribution >= 0.6 is 0 Å². The molecule has 0 aliphatic carbocycles. The number of amides is 8. The molecule has 1 fully saturated rings. The quantitative estimate of drug-likeness (QED) is 0.0403. The van der Waals surface area contributed by atoms with E-state index < -0.39 is 149 Å². The summed E-state index contributed by atoms with van der Waals surface area (Å²) in [6.45, 7) is 22.4. The van der Waals surface area contributed by atoms with E-state index in [1.54, 1.807) is 96.9 Å². The van der Waals surface area contributed by atoms with Gasteiger partial charge in [0, 0.05) is 32.9 Å². The number of carbonyl (C=O) groups excluding carboxylic acids is 11. The summed E-state index contributed by atoms with van der Waals surface area (Å²) in [5.74, 6) is -11.5. The van der Waals surface area contributed by atoms with Gasteiger partial charge in [0.15, 0.2) is 0 Å². The van der Waals surface area contributed by atoms with Crippen molar-refractivity contribution in [2.45, 2.75) is 195 Å². The average molecular weight is 1030 g/mol. The summed E-state index contributed by atoms with van der Waals surface area (Å²) < 4.78 is 16.3. The third-order valence-electron chi connectivity index (χ3n) is 10.4. The summed E-state index contributed by atoms with van der Waals surface area (Å²) in [7, 11) is 0. The average Bonchev–Trinajstić information content (AvgIpc) is 3.23. The second-order valence-corrected chi connectivity index (χ2v) is 21.3. The fraction of sp³-hybridized carbons (Fsp3) is 0.750. The maximum Gasteiger partial charge on any atom is 0.410 e. The fourth-order valence-corrected chi connectivity index (χ4v) is 7.08. The number of carboxylic acids is 1. The Morgan fingerprint density at radius 2 is 1.07 bits per heavy atom. The molecule has 408 valence electrons. The van der Waals surface area contributed by atoms with E-state index in [0.29, 0.717) is 6.42 Å². The van der Waals surface area contributed by atoms with Gasteiger partial charge in [-0.2, -0.15) is 0 Å². The lowest BCUT2D eigenvalue weighted by molar-refractivity contribution is -0.156. The Morgan fingerprint density at radius 3 is 1.51 bits per heavy atom. The van der Waals surface area contributed by atoms with Crippen molar-refractivity contribution >= 4 is 71.1 Å². The zero-order valence-corrected chi connectivity index (χ0v) is 44.7. The highest BCUT2D eigenvalue weighted by atomic mass is 16.6. The Balaban J connectivity index is 3.62. The molecule has 0 saturated carbocycles. The minimum Gasteiger partial charge on any atom is -0.480 e. The van der Waals surface area contributed by atoms with Crippen molar-refractivity contribution in [2.24, 2.45) is 11.8 Å². The molecular weight excluding hydrogens is 945 g/mol. The number of hydrogen-bond donors (Lipinski definition) is 7. The molecule has 7 N–H and O–H groups in total.